The summed E-state index contributed by atoms with van der Waals surface area (Å²) >= 11 is 0. The van der Waals surface area contributed by atoms with E-state index < -0.39 is 0 Å². The molecule has 0 aromatic rings. The van der Waals surface area contributed by atoms with Gasteiger partial charge in [0.15, 0.2) is 0 Å². The fourth-order valence-corrected chi connectivity index (χ4v) is 4.06. The Morgan fingerprint density at radius 3 is 2.33 bits per heavy atom. The molecule has 3 aliphatic carbocycles. The summed E-state index contributed by atoms with van der Waals surface area (Å²) in [6.45, 7) is 0. The SMILES string of the molecule is C1=CC2CCC3(CCCCC3)CC2C=C1. The van der Waals surface area contributed by atoms with E-state index in [1.807, 2.05) is 0 Å². The molecule has 0 aliphatic heterocycles. The summed E-state index contributed by atoms with van der Waals surface area (Å²) < 4.78 is 0. The van der Waals surface area contributed by atoms with Gasteiger partial charge in [-0.3, -0.25) is 0 Å². The van der Waals surface area contributed by atoms with Gasteiger partial charge in [0.25, 0.3) is 0 Å². The second kappa shape index (κ2) is 3.81. The number of fused-ring (bicyclic) bond motifs is 1. The van der Waals surface area contributed by atoms with E-state index >= 15 is 0 Å². The van der Waals surface area contributed by atoms with Crippen LogP contribution in [0.3, 0.4) is 0 Å². The Morgan fingerprint density at radius 1 is 0.800 bits per heavy atom. The van der Waals surface area contributed by atoms with Gasteiger partial charge in [-0.15, -0.1) is 0 Å². The van der Waals surface area contributed by atoms with Crippen molar-refractivity contribution >= 4 is 0 Å². The van der Waals surface area contributed by atoms with Crippen LogP contribution in [0.25, 0.3) is 0 Å². The van der Waals surface area contributed by atoms with Crippen LogP contribution < -0.4 is 0 Å². The topological polar surface area (TPSA) is 0 Å². The van der Waals surface area contributed by atoms with Crippen LogP contribution in [-0.4, -0.2) is 0 Å². The number of hydrogen-bond acceptors (Lipinski definition) is 0. The molecule has 2 unspecified atom stereocenters. The third-order valence-corrected chi connectivity index (χ3v) is 4.97. The van der Waals surface area contributed by atoms with Crippen LogP contribution >= 0.6 is 0 Å². The van der Waals surface area contributed by atoms with Gasteiger partial charge < -0.3 is 0 Å². The van der Waals surface area contributed by atoms with Gasteiger partial charge in [0.1, 0.15) is 0 Å². The molecular formula is C15H22. The molecule has 0 nitrogen and oxygen atoms in total. The van der Waals surface area contributed by atoms with E-state index in [2.05, 4.69) is 24.3 Å². The van der Waals surface area contributed by atoms with E-state index in [0.29, 0.717) is 0 Å². The molecule has 0 saturated heterocycles. The number of allylic oxidation sites excluding steroid dienone is 4. The first kappa shape index (κ1) is 9.69. The van der Waals surface area contributed by atoms with Crippen molar-refractivity contribution in [1.29, 1.82) is 0 Å². The maximum Gasteiger partial charge on any atom is -0.0162 e. The molecule has 0 N–H and O–H groups in total. The summed E-state index contributed by atoms with van der Waals surface area (Å²) in [6, 6.07) is 0. The predicted molar refractivity (Wildman–Crippen MR) is 64.6 cm³/mol. The van der Waals surface area contributed by atoms with Gasteiger partial charge in [0.05, 0.1) is 0 Å². The average molecular weight is 202 g/mol. The highest BCUT2D eigenvalue weighted by molar-refractivity contribution is 5.16. The lowest BCUT2D eigenvalue weighted by molar-refractivity contribution is 0.0815. The summed E-state index contributed by atoms with van der Waals surface area (Å²) in [7, 11) is 0. The van der Waals surface area contributed by atoms with Crippen LogP contribution in [-0.2, 0) is 0 Å². The van der Waals surface area contributed by atoms with Gasteiger partial charge in [0, 0.05) is 0 Å². The van der Waals surface area contributed by atoms with Crippen molar-refractivity contribution in [2.45, 2.75) is 51.4 Å². The Bertz CT molecular complexity index is 278. The molecule has 3 aliphatic rings. The van der Waals surface area contributed by atoms with Crippen molar-refractivity contribution in [2.75, 3.05) is 0 Å². The minimum Gasteiger partial charge on any atom is -0.0808 e. The first-order chi connectivity index (χ1) is 7.38. The first-order valence-corrected chi connectivity index (χ1v) is 6.73. The summed E-state index contributed by atoms with van der Waals surface area (Å²) in [5.74, 6) is 1.75. The Labute approximate surface area is 93.5 Å². The Morgan fingerprint density at radius 2 is 1.53 bits per heavy atom. The standard InChI is InChI=1S/C15H22/c1-4-9-15(10-5-1)11-8-13-6-2-3-7-14(13)12-15/h2-3,6-7,13-14H,1,4-5,8-12H2. The van der Waals surface area contributed by atoms with Crippen molar-refractivity contribution in [1.82, 2.24) is 0 Å². The molecule has 3 rings (SSSR count). The zero-order valence-corrected chi connectivity index (χ0v) is 9.62. The van der Waals surface area contributed by atoms with E-state index in [1.54, 1.807) is 0 Å². The lowest BCUT2D eigenvalue weighted by Gasteiger charge is -2.46. The summed E-state index contributed by atoms with van der Waals surface area (Å²) in [4.78, 5) is 0. The first-order valence-electron chi connectivity index (χ1n) is 6.73. The van der Waals surface area contributed by atoms with E-state index in [0.717, 1.165) is 17.3 Å². The molecule has 0 bridgehead atoms. The predicted octanol–water partition coefficient (Wildman–Crippen LogP) is 4.48. The summed E-state index contributed by atoms with van der Waals surface area (Å²) in [5.41, 5.74) is 0.759. The fourth-order valence-electron chi connectivity index (χ4n) is 4.06. The Balaban J connectivity index is 1.74. The average Bonchev–Trinajstić information content (AvgIpc) is 2.30. The van der Waals surface area contributed by atoms with Crippen LogP contribution in [0, 0.1) is 17.3 Å². The quantitative estimate of drug-likeness (QED) is 0.543. The zero-order valence-electron chi connectivity index (χ0n) is 9.62. The summed E-state index contributed by atoms with van der Waals surface area (Å²) in [5, 5.41) is 0. The monoisotopic (exact) mass is 202 g/mol. The molecule has 0 radical (unpaired) electrons. The second-order valence-electron chi connectivity index (χ2n) is 5.90. The largest absolute Gasteiger partial charge is 0.0808 e. The van der Waals surface area contributed by atoms with Crippen molar-refractivity contribution in [3.63, 3.8) is 0 Å². The molecule has 0 heterocycles. The zero-order chi connectivity index (χ0) is 10.1. The molecule has 2 fully saturated rings. The lowest BCUT2D eigenvalue weighted by atomic mass is 9.59. The third-order valence-electron chi connectivity index (χ3n) is 4.97. The third kappa shape index (κ3) is 1.79. The summed E-state index contributed by atoms with van der Waals surface area (Å²) in [6.07, 6.45) is 21.4. The van der Waals surface area contributed by atoms with Crippen molar-refractivity contribution in [3.8, 4) is 0 Å². The molecular weight excluding hydrogens is 180 g/mol. The molecule has 0 aromatic heterocycles. The van der Waals surface area contributed by atoms with Crippen molar-refractivity contribution < 1.29 is 0 Å². The van der Waals surface area contributed by atoms with Crippen LogP contribution in [0.15, 0.2) is 24.3 Å². The molecule has 82 valence electrons. The smallest absolute Gasteiger partial charge is 0.0162 e. The molecule has 2 atom stereocenters. The van der Waals surface area contributed by atoms with Crippen LogP contribution in [0.2, 0.25) is 0 Å². The van der Waals surface area contributed by atoms with Crippen molar-refractivity contribution in [2.24, 2.45) is 17.3 Å². The second-order valence-corrected chi connectivity index (χ2v) is 5.90. The molecule has 15 heavy (non-hydrogen) atoms. The highest BCUT2D eigenvalue weighted by Crippen LogP contribution is 2.52. The minimum atomic E-state index is 0.759. The Hall–Kier alpha value is -0.520. The van der Waals surface area contributed by atoms with Gasteiger partial charge in [-0.2, -0.15) is 0 Å². The van der Waals surface area contributed by atoms with E-state index in [4.69, 9.17) is 0 Å². The molecule has 0 amide bonds. The normalized spacial score (nSPS) is 37.9. The molecule has 1 spiro atoms. The Kier molecular flexibility index (Phi) is 2.46. The van der Waals surface area contributed by atoms with E-state index in [9.17, 15) is 0 Å². The minimum absolute atomic E-state index is 0.759. The van der Waals surface area contributed by atoms with Gasteiger partial charge in [-0.05, 0) is 49.4 Å². The van der Waals surface area contributed by atoms with Crippen molar-refractivity contribution in [3.05, 3.63) is 24.3 Å². The van der Waals surface area contributed by atoms with Gasteiger partial charge in [-0.25, -0.2) is 0 Å². The maximum atomic E-state index is 2.47. The van der Waals surface area contributed by atoms with Gasteiger partial charge >= 0.3 is 0 Å². The van der Waals surface area contributed by atoms with Gasteiger partial charge in [0.2, 0.25) is 0 Å². The fraction of sp³-hybridized carbons (Fsp3) is 0.733. The highest BCUT2D eigenvalue weighted by Gasteiger charge is 2.39. The lowest BCUT2D eigenvalue weighted by Crippen LogP contribution is -2.34. The highest BCUT2D eigenvalue weighted by atomic mass is 14.4. The van der Waals surface area contributed by atoms with Crippen LogP contribution in [0.1, 0.15) is 51.4 Å². The number of hydrogen-bond donors (Lipinski definition) is 0. The maximum absolute atomic E-state index is 2.47. The van der Waals surface area contributed by atoms with Gasteiger partial charge in [-0.1, -0.05) is 43.6 Å². The van der Waals surface area contributed by atoms with Crippen LogP contribution in [0.4, 0.5) is 0 Å². The molecule has 0 aromatic carbocycles. The molecule has 0 heteroatoms. The number of rotatable bonds is 0. The van der Waals surface area contributed by atoms with E-state index in [-0.39, 0.29) is 0 Å². The molecule has 2 saturated carbocycles. The van der Waals surface area contributed by atoms with Crippen LogP contribution in [0.5, 0.6) is 0 Å². The van der Waals surface area contributed by atoms with E-state index in [1.165, 1.54) is 51.4 Å².